The SMILES string of the molecule is CCCC1(CCC)CCCN1C(=O)c1nc2n(n1)CCCN2. The van der Waals surface area contributed by atoms with Gasteiger partial charge < -0.3 is 10.2 Å². The minimum atomic E-state index is 0.0168. The fourth-order valence-corrected chi connectivity index (χ4v) is 4.10. The van der Waals surface area contributed by atoms with Crippen LogP contribution in [0.15, 0.2) is 0 Å². The molecule has 0 aliphatic carbocycles. The number of aryl methyl sites for hydroxylation is 1. The third-order valence-electron chi connectivity index (χ3n) is 4.97. The second-order valence-corrected chi connectivity index (χ2v) is 6.55. The Hall–Kier alpha value is -1.59. The molecule has 0 unspecified atom stereocenters. The Morgan fingerprint density at radius 1 is 1.23 bits per heavy atom. The van der Waals surface area contributed by atoms with E-state index in [1.54, 1.807) is 0 Å². The summed E-state index contributed by atoms with van der Waals surface area (Å²) in [5, 5.41) is 7.65. The van der Waals surface area contributed by atoms with Crippen molar-refractivity contribution in [2.24, 2.45) is 0 Å². The summed E-state index contributed by atoms with van der Waals surface area (Å²) < 4.78 is 1.83. The van der Waals surface area contributed by atoms with Crippen molar-refractivity contribution >= 4 is 11.9 Å². The molecular formula is C16H27N5O. The third-order valence-corrected chi connectivity index (χ3v) is 4.97. The molecule has 0 spiro atoms. The van der Waals surface area contributed by atoms with Gasteiger partial charge in [-0.2, -0.15) is 4.98 Å². The number of carbonyl (C=O) groups excluding carboxylic acids is 1. The molecule has 1 aromatic rings. The number of carbonyl (C=O) groups is 1. The van der Waals surface area contributed by atoms with Gasteiger partial charge in [-0.25, -0.2) is 4.68 Å². The van der Waals surface area contributed by atoms with Gasteiger partial charge in [0.05, 0.1) is 0 Å². The van der Waals surface area contributed by atoms with Gasteiger partial charge >= 0.3 is 0 Å². The van der Waals surface area contributed by atoms with E-state index in [-0.39, 0.29) is 11.4 Å². The fourth-order valence-electron chi connectivity index (χ4n) is 4.10. The zero-order valence-corrected chi connectivity index (χ0v) is 13.8. The number of anilines is 1. The van der Waals surface area contributed by atoms with Crippen molar-refractivity contribution in [3.05, 3.63) is 5.82 Å². The average molecular weight is 305 g/mol. The normalized spacial score (nSPS) is 19.8. The van der Waals surface area contributed by atoms with Gasteiger partial charge in [0.15, 0.2) is 0 Å². The molecule has 3 heterocycles. The van der Waals surface area contributed by atoms with Crippen LogP contribution < -0.4 is 5.32 Å². The van der Waals surface area contributed by atoms with Gasteiger partial charge in [-0.3, -0.25) is 4.79 Å². The Balaban J connectivity index is 1.84. The third kappa shape index (κ3) is 2.59. The molecule has 0 radical (unpaired) electrons. The molecule has 6 nitrogen and oxygen atoms in total. The highest BCUT2D eigenvalue weighted by Gasteiger charge is 2.43. The van der Waals surface area contributed by atoms with Crippen LogP contribution in [-0.2, 0) is 6.54 Å². The lowest BCUT2D eigenvalue weighted by Gasteiger charge is -2.38. The second-order valence-electron chi connectivity index (χ2n) is 6.55. The Morgan fingerprint density at radius 3 is 2.68 bits per heavy atom. The van der Waals surface area contributed by atoms with Crippen molar-refractivity contribution in [1.82, 2.24) is 19.7 Å². The van der Waals surface area contributed by atoms with E-state index in [2.05, 4.69) is 34.1 Å². The van der Waals surface area contributed by atoms with Crippen LogP contribution in [0, 0.1) is 0 Å². The minimum Gasteiger partial charge on any atom is -0.354 e. The Kier molecular flexibility index (Phi) is 4.36. The quantitative estimate of drug-likeness (QED) is 0.908. The number of likely N-dealkylation sites (tertiary alicyclic amines) is 1. The van der Waals surface area contributed by atoms with Crippen LogP contribution in [0.5, 0.6) is 0 Å². The number of hydrogen-bond acceptors (Lipinski definition) is 4. The Morgan fingerprint density at radius 2 is 2.00 bits per heavy atom. The topological polar surface area (TPSA) is 63.1 Å². The summed E-state index contributed by atoms with van der Waals surface area (Å²) in [7, 11) is 0. The van der Waals surface area contributed by atoms with E-state index in [0.29, 0.717) is 5.82 Å². The molecule has 1 N–H and O–H groups in total. The molecule has 0 bridgehead atoms. The first-order chi connectivity index (χ1) is 10.7. The lowest BCUT2D eigenvalue weighted by molar-refractivity contribution is 0.0536. The van der Waals surface area contributed by atoms with Crippen LogP contribution >= 0.6 is 0 Å². The Labute approximate surface area is 132 Å². The van der Waals surface area contributed by atoms with Crippen molar-refractivity contribution in [3.8, 4) is 0 Å². The summed E-state index contributed by atoms with van der Waals surface area (Å²) >= 11 is 0. The number of fused-ring (bicyclic) bond motifs is 1. The van der Waals surface area contributed by atoms with Crippen molar-refractivity contribution < 1.29 is 4.79 Å². The van der Waals surface area contributed by atoms with Crippen LogP contribution in [-0.4, -0.2) is 44.2 Å². The minimum absolute atomic E-state index is 0.0168. The largest absolute Gasteiger partial charge is 0.354 e. The van der Waals surface area contributed by atoms with Gasteiger partial charge in [0, 0.05) is 25.2 Å². The number of nitrogens with one attached hydrogen (secondary N) is 1. The first-order valence-electron chi connectivity index (χ1n) is 8.71. The zero-order chi connectivity index (χ0) is 15.6. The molecule has 3 rings (SSSR count). The highest BCUT2D eigenvalue weighted by atomic mass is 16.2. The summed E-state index contributed by atoms with van der Waals surface area (Å²) in [6.07, 6.45) is 7.63. The maximum atomic E-state index is 13.0. The molecule has 2 aliphatic rings. The van der Waals surface area contributed by atoms with Gasteiger partial charge in [-0.15, -0.1) is 5.10 Å². The van der Waals surface area contributed by atoms with Crippen LogP contribution in [0.25, 0.3) is 0 Å². The number of amides is 1. The number of rotatable bonds is 5. The molecule has 0 saturated carbocycles. The molecule has 122 valence electrons. The second kappa shape index (κ2) is 6.26. The molecule has 1 fully saturated rings. The van der Waals surface area contributed by atoms with Crippen LogP contribution in [0.1, 0.15) is 69.4 Å². The predicted octanol–water partition coefficient (Wildman–Crippen LogP) is 2.67. The fraction of sp³-hybridized carbons (Fsp3) is 0.812. The summed E-state index contributed by atoms with van der Waals surface area (Å²) in [5.41, 5.74) is 0.0276. The maximum absolute atomic E-state index is 13.0. The molecule has 1 aromatic heterocycles. The van der Waals surface area contributed by atoms with Crippen LogP contribution in [0.4, 0.5) is 5.95 Å². The van der Waals surface area contributed by atoms with E-state index in [1.165, 1.54) is 0 Å². The van der Waals surface area contributed by atoms with E-state index in [4.69, 9.17) is 0 Å². The number of hydrogen-bond donors (Lipinski definition) is 1. The smallest absolute Gasteiger partial charge is 0.294 e. The van der Waals surface area contributed by atoms with E-state index in [0.717, 1.165) is 70.5 Å². The molecule has 0 aromatic carbocycles. The van der Waals surface area contributed by atoms with Gasteiger partial charge in [0.1, 0.15) is 0 Å². The number of nitrogens with zero attached hydrogens (tertiary/aromatic N) is 4. The van der Waals surface area contributed by atoms with Gasteiger partial charge in [-0.05, 0) is 32.1 Å². The lowest BCUT2D eigenvalue weighted by Crippen LogP contribution is -2.47. The first kappa shape index (κ1) is 15.3. The first-order valence-corrected chi connectivity index (χ1v) is 8.71. The van der Waals surface area contributed by atoms with E-state index in [9.17, 15) is 4.79 Å². The van der Waals surface area contributed by atoms with E-state index in [1.807, 2.05) is 4.68 Å². The van der Waals surface area contributed by atoms with Crippen molar-refractivity contribution in [2.75, 3.05) is 18.4 Å². The Bertz CT molecular complexity index is 509. The standard InChI is InChI=1S/C16H27N5O/c1-3-7-16(8-4-2)9-5-11-20(16)14(22)13-18-15-17-10-6-12-21(15)19-13/h3-12H2,1-2H3,(H,17,18,19). The summed E-state index contributed by atoms with van der Waals surface area (Å²) in [4.78, 5) is 19.5. The molecule has 2 aliphatic heterocycles. The lowest BCUT2D eigenvalue weighted by atomic mass is 9.86. The predicted molar refractivity (Wildman–Crippen MR) is 85.9 cm³/mol. The molecule has 1 amide bonds. The van der Waals surface area contributed by atoms with Gasteiger partial charge in [0.2, 0.25) is 11.8 Å². The van der Waals surface area contributed by atoms with Gasteiger partial charge in [-0.1, -0.05) is 26.7 Å². The van der Waals surface area contributed by atoms with Crippen molar-refractivity contribution in [2.45, 2.75) is 70.9 Å². The highest BCUT2D eigenvalue weighted by molar-refractivity contribution is 5.91. The molecular weight excluding hydrogens is 278 g/mol. The molecule has 6 heteroatoms. The monoisotopic (exact) mass is 305 g/mol. The zero-order valence-electron chi connectivity index (χ0n) is 13.8. The maximum Gasteiger partial charge on any atom is 0.294 e. The molecule has 0 atom stereocenters. The summed E-state index contributed by atoms with van der Waals surface area (Å²) in [6.45, 7) is 7.01. The summed E-state index contributed by atoms with van der Waals surface area (Å²) in [5.74, 6) is 1.12. The molecule has 1 saturated heterocycles. The number of aromatic nitrogens is 3. The van der Waals surface area contributed by atoms with E-state index >= 15 is 0 Å². The average Bonchev–Trinajstić information content (AvgIpc) is 3.11. The van der Waals surface area contributed by atoms with Crippen molar-refractivity contribution in [3.63, 3.8) is 0 Å². The van der Waals surface area contributed by atoms with Crippen LogP contribution in [0.2, 0.25) is 0 Å². The van der Waals surface area contributed by atoms with Gasteiger partial charge in [0.25, 0.3) is 5.91 Å². The molecule has 22 heavy (non-hydrogen) atoms. The highest BCUT2D eigenvalue weighted by Crippen LogP contribution is 2.38. The van der Waals surface area contributed by atoms with E-state index < -0.39 is 0 Å². The van der Waals surface area contributed by atoms with Crippen LogP contribution in [0.3, 0.4) is 0 Å². The van der Waals surface area contributed by atoms with Crippen molar-refractivity contribution in [1.29, 1.82) is 0 Å². The summed E-state index contributed by atoms with van der Waals surface area (Å²) in [6, 6.07) is 0.